The van der Waals surface area contributed by atoms with E-state index in [2.05, 4.69) is 10.6 Å². The first-order valence-corrected chi connectivity index (χ1v) is 9.77. The predicted molar refractivity (Wildman–Crippen MR) is 113 cm³/mol. The highest BCUT2D eigenvalue weighted by atomic mass is 16.5. The minimum atomic E-state index is -0.901. The molecule has 0 spiro atoms. The van der Waals surface area contributed by atoms with E-state index in [0.717, 1.165) is 12.0 Å². The van der Waals surface area contributed by atoms with Crippen LogP contribution >= 0.6 is 0 Å². The normalized spacial score (nSPS) is 11.3. The standard InChI is InChI=1S/C23H26N2O5/c1-4-6-21(27)25-19-11-9-17(10-12-19)20(26)14-30-23(29)16(3)24-22(28)18-8-5-7-15(2)13-18/h5,7-13,16H,4,6,14H2,1-3H3,(H,24,28)(H,25,27)/t16-/m0/s1. The molecular formula is C23H26N2O5. The Kier molecular flexibility index (Phi) is 8.29. The van der Waals surface area contributed by atoms with Crippen molar-refractivity contribution in [1.82, 2.24) is 5.32 Å². The molecule has 0 heterocycles. The summed E-state index contributed by atoms with van der Waals surface area (Å²) in [6.07, 6.45) is 1.17. The van der Waals surface area contributed by atoms with Crippen LogP contribution in [0.2, 0.25) is 0 Å². The van der Waals surface area contributed by atoms with Crippen LogP contribution in [0.1, 0.15) is 53.0 Å². The number of aryl methyl sites for hydroxylation is 1. The van der Waals surface area contributed by atoms with Crippen molar-refractivity contribution >= 4 is 29.3 Å². The zero-order valence-corrected chi connectivity index (χ0v) is 17.4. The van der Waals surface area contributed by atoms with Crippen LogP contribution in [0.25, 0.3) is 0 Å². The lowest BCUT2D eigenvalue weighted by Crippen LogP contribution is -2.40. The van der Waals surface area contributed by atoms with E-state index < -0.39 is 24.5 Å². The van der Waals surface area contributed by atoms with Gasteiger partial charge in [-0.05, 0) is 56.7 Å². The van der Waals surface area contributed by atoms with Crippen molar-refractivity contribution in [3.8, 4) is 0 Å². The van der Waals surface area contributed by atoms with Crippen molar-refractivity contribution in [2.45, 2.75) is 39.7 Å². The van der Waals surface area contributed by atoms with Crippen molar-refractivity contribution in [1.29, 1.82) is 0 Å². The van der Waals surface area contributed by atoms with Gasteiger partial charge in [0.15, 0.2) is 12.4 Å². The van der Waals surface area contributed by atoms with Crippen LogP contribution in [0.15, 0.2) is 48.5 Å². The number of carbonyl (C=O) groups excluding carboxylic acids is 4. The SMILES string of the molecule is CCCC(=O)Nc1ccc(C(=O)COC(=O)[C@H](C)NC(=O)c2cccc(C)c2)cc1. The Balaban J connectivity index is 1.83. The summed E-state index contributed by atoms with van der Waals surface area (Å²) >= 11 is 0. The van der Waals surface area contributed by atoms with Gasteiger partial charge in [0.1, 0.15) is 6.04 Å². The molecule has 7 nitrogen and oxygen atoms in total. The molecule has 2 amide bonds. The lowest BCUT2D eigenvalue weighted by atomic mass is 10.1. The molecule has 2 N–H and O–H groups in total. The summed E-state index contributed by atoms with van der Waals surface area (Å²) in [6, 6.07) is 12.4. The van der Waals surface area contributed by atoms with Crippen molar-refractivity contribution in [2.75, 3.05) is 11.9 Å². The summed E-state index contributed by atoms with van der Waals surface area (Å²) in [5.41, 5.74) is 2.32. The third-order valence-electron chi connectivity index (χ3n) is 4.29. The molecule has 0 aliphatic rings. The van der Waals surface area contributed by atoms with Gasteiger partial charge in [0.05, 0.1) is 0 Å². The van der Waals surface area contributed by atoms with Crippen LogP contribution in [0.4, 0.5) is 5.69 Å². The Hall–Kier alpha value is -3.48. The molecule has 0 bridgehead atoms. The fourth-order valence-corrected chi connectivity index (χ4v) is 2.66. The van der Waals surface area contributed by atoms with Crippen LogP contribution in [0.3, 0.4) is 0 Å². The van der Waals surface area contributed by atoms with Gasteiger partial charge in [-0.15, -0.1) is 0 Å². The van der Waals surface area contributed by atoms with Gasteiger partial charge in [-0.25, -0.2) is 4.79 Å². The van der Waals surface area contributed by atoms with E-state index >= 15 is 0 Å². The summed E-state index contributed by atoms with van der Waals surface area (Å²) < 4.78 is 5.03. The van der Waals surface area contributed by atoms with Gasteiger partial charge in [-0.1, -0.05) is 24.6 Å². The number of esters is 1. The third-order valence-corrected chi connectivity index (χ3v) is 4.29. The summed E-state index contributed by atoms with van der Waals surface area (Å²) in [7, 11) is 0. The van der Waals surface area contributed by atoms with Gasteiger partial charge in [0, 0.05) is 23.2 Å². The Bertz CT molecular complexity index is 921. The number of ether oxygens (including phenoxy) is 1. The Morgan fingerprint density at radius 3 is 2.33 bits per heavy atom. The van der Waals surface area contributed by atoms with E-state index in [1.807, 2.05) is 19.9 Å². The fraction of sp³-hybridized carbons (Fsp3) is 0.304. The Morgan fingerprint density at radius 1 is 1.00 bits per heavy atom. The molecule has 0 fully saturated rings. The molecule has 0 radical (unpaired) electrons. The highest BCUT2D eigenvalue weighted by molar-refractivity contribution is 6.00. The zero-order chi connectivity index (χ0) is 22.1. The number of hydrogen-bond acceptors (Lipinski definition) is 5. The molecule has 0 saturated carbocycles. The first kappa shape index (κ1) is 22.8. The minimum absolute atomic E-state index is 0.0906. The van der Waals surface area contributed by atoms with Crippen molar-refractivity contribution in [2.24, 2.45) is 0 Å². The van der Waals surface area contributed by atoms with Crippen molar-refractivity contribution < 1.29 is 23.9 Å². The molecule has 0 aliphatic heterocycles. The summed E-state index contributed by atoms with van der Waals surface area (Å²) in [6.45, 7) is 4.84. The second kappa shape index (κ2) is 10.9. The molecule has 158 valence electrons. The molecule has 0 saturated heterocycles. The topological polar surface area (TPSA) is 102 Å². The minimum Gasteiger partial charge on any atom is -0.456 e. The van der Waals surface area contributed by atoms with Crippen LogP contribution in [0.5, 0.6) is 0 Å². The number of benzene rings is 2. The van der Waals surface area contributed by atoms with E-state index in [1.54, 1.807) is 42.5 Å². The number of rotatable bonds is 9. The van der Waals surface area contributed by atoms with Gasteiger partial charge in [0.25, 0.3) is 5.91 Å². The van der Waals surface area contributed by atoms with Crippen molar-refractivity contribution in [3.63, 3.8) is 0 Å². The average Bonchev–Trinajstić information content (AvgIpc) is 2.72. The van der Waals surface area contributed by atoms with E-state index in [1.165, 1.54) is 6.92 Å². The number of amides is 2. The number of carbonyl (C=O) groups is 4. The maximum atomic E-state index is 12.2. The Labute approximate surface area is 175 Å². The summed E-state index contributed by atoms with van der Waals surface area (Å²) in [4.78, 5) is 48.1. The number of hydrogen-bond donors (Lipinski definition) is 2. The second-order valence-electron chi connectivity index (χ2n) is 6.97. The second-order valence-corrected chi connectivity index (χ2v) is 6.97. The van der Waals surface area contributed by atoms with Gasteiger partial charge in [0.2, 0.25) is 5.91 Å². The molecule has 0 unspecified atom stereocenters. The molecule has 7 heteroatoms. The fourth-order valence-electron chi connectivity index (χ4n) is 2.66. The maximum absolute atomic E-state index is 12.2. The summed E-state index contributed by atoms with van der Waals surface area (Å²) in [5, 5.41) is 5.29. The van der Waals surface area contributed by atoms with Crippen LogP contribution in [0, 0.1) is 6.92 Å². The van der Waals surface area contributed by atoms with Crippen molar-refractivity contribution in [3.05, 3.63) is 65.2 Å². The zero-order valence-electron chi connectivity index (χ0n) is 17.4. The molecule has 2 aromatic carbocycles. The molecule has 2 aromatic rings. The smallest absolute Gasteiger partial charge is 0.328 e. The highest BCUT2D eigenvalue weighted by Gasteiger charge is 2.19. The number of anilines is 1. The van der Waals surface area contributed by atoms with Gasteiger partial charge in [-0.2, -0.15) is 0 Å². The monoisotopic (exact) mass is 410 g/mol. The van der Waals surface area contributed by atoms with Crippen LogP contribution in [-0.2, 0) is 14.3 Å². The molecule has 0 aromatic heterocycles. The highest BCUT2D eigenvalue weighted by Crippen LogP contribution is 2.11. The maximum Gasteiger partial charge on any atom is 0.328 e. The predicted octanol–water partition coefficient (Wildman–Crippen LogP) is 3.28. The molecule has 2 rings (SSSR count). The molecule has 30 heavy (non-hydrogen) atoms. The van der Waals surface area contributed by atoms with Gasteiger partial charge < -0.3 is 15.4 Å². The first-order valence-electron chi connectivity index (χ1n) is 9.77. The van der Waals surface area contributed by atoms with E-state index in [-0.39, 0.29) is 11.7 Å². The summed E-state index contributed by atoms with van der Waals surface area (Å²) in [5.74, 6) is -1.57. The number of Topliss-reactive ketones (excluding diaryl/α,β-unsaturated/α-hetero) is 1. The number of ketones is 1. The molecular weight excluding hydrogens is 384 g/mol. The lowest BCUT2D eigenvalue weighted by Gasteiger charge is -2.13. The van der Waals surface area contributed by atoms with Crippen LogP contribution in [-0.4, -0.2) is 36.2 Å². The lowest BCUT2D eigenvalue weighted by molar-refractivity contribution is -0.144. The molecule has 1 atom stereocenters. The van der Waals surface area contributed by atoms with Crippen LogP contribution < -0.4 is 10.6 Å². The van der Waals surface area contributed by atoms with Gasteiger partial charge in [-0.3, -0.25) is 14.4 Å². The van der Waals surface area contributed by atoms with Gasteiger partial charge >= 0.3 is 5.97 Å². The largest absolute Gasteiger partial charge is 0.456 e. The van der Waals surface area contributed by atoms with E-state index in [9.17, 15) is 19.2 Å². The van der Waals surface area contributed by atoms with E-state index in [4.69, 9.17) is 4.74 Å². The molecule has 0 aliphatic carbocycles. The van der Waals surface area contributed by atoms with E-state index in [0.29, 0.717) is 23.2 Å². The third kappa shape index (κ3) is 6.84. The quantitative estimate of drug-likeness (QED) is 0.488. The number of nitrogens with one attached hydrogen (secondary N) is 2. The first-order chi connectivity index (χ1) is 14.3. The average molecular weight is 410 g/mol. The Morgan fingerprint density at radius 2 is 1.70 bits per heavy atom.